The lowest BCUT2D eigenvalue weighted by Gasteiger charge is -2.18. The van der Waals surface area contributed by atoms with Gasteiger partial charge in [0, 0.05) is 16.6 Å². The van der Waals surface area contributed by atoms with Gasteiger partial charge in [0.2, 0.25) is 10.0 Å². The van der Waals surface area contributed by atoms with Crippen LogP contribution in [0, 0.1) is 0 Å². The third-order valence-electron chi connectivity index (χ3n) is 3.51. The van der Waals surface area contributed by atoms with Crippen molar-refractivity contribution in [3.05, 3.63) is 58.6 Å². The molecule has 1 N–H and O–H groups in total. The Morgan fingerprint density at radius 1 is 1.12 bits per heavy atom. The Bertz CT molecular complexity index is 808. The van der Waals surface area contributed by atoms with Crippen LogP contribution < -0.4 is 14.2 Å². The van der Waals surface area contributed by atoms with Gasteiger partial charge in [-0.25, -0.2) is 13.1 Å². The smallest absolute Gasteiger partial charge is 0.216 e. The van der Waals surface area contributed by atoms with Crippen molar-refractivity contribution in [2.45, 2.75) is 18.7 Å². The van der Waals surface area contributed by atoms with E-state index in [4.69, 9.17) is 21.1 Å². The molecule has 0 unspecified atom stereocenters. The summed E-state index contributed by atoms with van der Waals surface area (Å²) < 4.78 is 38.0. The van der Waals surface area contributed by atoms with Crippen LogP contribution in [0.5, 0.6) is 11.5 Å². The molecule has 0 aromatic heterocycles. The van der Waals surface area contributed by atoms with Gasteiger partial charge in [-0.2, -0.15) is 0 Å². The third kappa shape index (κ3) is 4.87. The van der Waals surface area contributed by atoms with Gasteiger partial charge in [-0.15, -0.1) is 0 Å². The molecule has 0 spiro atoms. The summed E-state index contributed by atoms with van der Waals surface area (Å²) in [6.45, 7) is 1.76. The third-order valence-corrected chi connectivity index (χ3v) is 5.17. The standard InChI is InChI=1S/C17H20ClNO4S/c1-12(16-10-15(22-2)7-8-17(16)23-3)19-24(20,21)11-13-5-4-6-14(18)9-13/h4-10,12,19H,11H2,1-3H3/t12-/m0/s1. The molecule has 1 atom stereocenters. The summed E-state index contributed by atoms with van der Waals surface area (Å²) in [5, 5.41) is 0.505. The van der Waals surface area contributed by atoms with Crippen LogP contribution in [-0.2, 0) is 15.8 Å². The molecule has 0 radical (unpaired) electrons. The fourth-order valence-corrected chi connectivity index (χ4v) is 3.98. The van der Waals surface area contributed by atoms with Crippen molar-refractivity contribution < 1.29 is 17.9 Å². The predicted molar refractivity (Wildman–Crippen MR) is 95.2 cm³/mol. The normalized spacial score (nSPS) is 12.7. The van der Waals surface area contributed by atoms with Crippen molar-refractivity contribution in [3.63, 3.8) is 0 Å². The molecule has 0 fully saturated rings. The molecular formula is C17H20ClNO4S. The van der Waals surface area contributed by atoms with Crippen molar-refractivity contribution in [2.24, 2.45) is 0 Å². The number of rotatable bonds is 7. The molecule has 130 valence electrons. The van der Waals surface area contributed by atoms with Crippen molar-refractivity contribution in [1.29, 1.82) is 0 Å². The molecule has 2 aromatic rings. The van der Waals surface area contributed by atoms with Gasteiger partial charge < -0.3 is 9.47 Å². The van der Waals surface area contributed by atoms with Crippen LogP contribution in [0.4, 0.5) is 0 Å². The Balaban J connectivity index is 2.20. The fourth-order valence-electron chi connectivity index (χ4n) is 2.40. The minimum Gasteiger partial charge on any atom is -0.497 e. The van der Waals surface area contributed by atoms with E-state index in [1.54, 1.807) is 63.6 Å². The molecule has 5 nitrogen and oxygen atoms in total. The first-order chi connectivity index (χ1) is 11.3. The number of sulfonamides is 1. The fraction of sp³-hybridized carbons (Fsp3) is 0.294. The first-order valence-corrected chi connectivity index (χ1v) is 9.34. The van der Waals surface area contributed by atoms with Crippen molar-refractivity contribution in [3.8, 4) is 11.5 Å². The summed E-state index contributed by atoms with van der Waals surface area (Å²) >= 11 is 5.90. The van der Waals surface area contributed by atoms with E-state index in [1.807, 2.05) is 0 Å². The van der Waals surface area contributed by atoms with Gasteiger partial charge in [-0.05, 0) is 42.8 Å². The molecular weight excluding hydrogens is 350 g/mol. The summed E-state index contributed by atoms with van der Waals surface area (Å²) in [6, 6.07) is 11.6. The average Bonchev–Trinajstić information content (AvgIpc) is 2.53. The first kappa shape index (κ1) is 18.6. The van der Waals surface area contributed by atoms with Crippen molar-refractivity contribution >= 4 is 21.6 Å². The van der Waals surface area contributed by atoms with E-state index >= 15 is 0 Å². The number of nitrogens with one attached hydrogen (secondary N) is 1. The zero-order valence-electron chi connectivity index (χ0n) is 13.7. The van der Waals surface area contributed by atoms with Gasteiger partial charge in [-0.3, -0.25) is 0 Å². The van der Waals surface area contributed by atoms with Crippen LogP contribution in [0.15, 0.2) is 42.5 Å². The highest BCUT2D eigenvalue weighted by molar-refractivity contribution is 7.88. The highest BCUT2D eigenvalue weighted by Crippen LogP contribution is 2.29. The first-order valence-electron chi connectivity index (χ1n) is 7.31. The molecule has 2 aromatic carbocycles. The summed E-state index contributed by atoms with van der Waals surface area (Å²) in [5.74, 6) is 1.07. The minimum atomic E-state index is -3.55. The monoisotopic (exact) mass is 369 g/mol. The van der Waals surface area contributed by atoms with Gasteiger partial charge in [0.05, 0.1) is 20.0 Å². The highest BCUT2D eigenvalue weighted by atomic mass is 35.5. The Labute approximate surface area is 147 Å². The van der Waals surface area contributed by atoms with Gasteiger partial charge in [0.25, 0.3) is 0 Å². The Morgan fingerprint density at radius 3 is 2.50 bits per heavy atom. The SMILES string of the molecule is COc1ccc(OC)c([C@H](C)NS(=O)(=O)Cc2cccc(Cl)c2)c1. The van der Waals surface area contributed by atoms with Gasteiger partial charge in [0.1, 0.15) is 11.5 Å². The Kier molecular flexibility index (Phi) is 6.10. The van der Waals surface area contributed by atoms with E-state index in [-0.39, 0.29) is 5.75 Å². The number of methoxy groups -OCH3 is 2. The maximum absolute atomic E-state index is 12.4. The second-order valence-corrected chi connectivity index (χ2v) is 7.53. The molecule has 0 aliphatic rings. The lowest BCUT2D eigenvalue weighted by molar-refractivity contribution is 0.395. The molecule has 0 amide bonds. The van der Waals surface area contributed by atoms with Crippen LogP contribution >= 0.6 is 11.6 Å². The Hall–Kier alpha value is -1.76. The minimum absolute atomic E-state index is 0.149. The summed E-state index contributed by atoms with van der Waals surface area (Å²) in [7, 11) is -0.453. The number of benzene rings is 2. The zero-order valence-corrected chi connectivity index (χ0v) is 15.3. The topological polar surface area (TPSA) is 64.6 Å². The maximum Gasteiger partial charge on any atom is 0.216 e. The highest BCUT2D eigenvalue weighted by Gasteiger charge is 2.20. The van der Waals surface area contributed by atoms with Crippen molar-refractivity contribution in [2.75, 3.05) is 14.2 Å². The molecule has 0 aliphatic heterocycles. The van der Waals surface area contributed by atoms with E-state index in [1.165, 1.54) is 0 Å². The lowest BCUT2D eigenvalue weighted by atomic mass is 10.1. The number of hydrogen-bond acceptors (Lipinski definition) is 4. The lowest BCUT2D eigenvalue weighted by Crippen LogP contribution is -2.28. The second kappa shape index (κ2) is 7.88. The second-order valence-electron chi connectivity index (χ2n) is 5.34. The predicted octanol–water partition coefficient (Wildman–Crippen LogP) is 3.54. The number of ether oxygens (including phenoxy) is 2. The van der Waals surface area contributed by atoms with E-state index in [9.17, 15) is 8.42 Å². The summed E-state index contributed by atoms with van der Waals surface area (Å²) in [5.41, 5.74) is 1.33. The van der Waals surface area contributed by atoms with Gasteiger partial charge in [-0.1, -0.05) is 23.7 Å². The molecule has 0 saturated heterocycles. The van der Waals surface area contributed by atoms with Crippen LogP contribution in [0.3, 0.4) is 0 Å². The van der Waals surface area contributed by atoms with Crippen molar-refractivity contribution in [1.82, 2.24) is 4.72 Å². The largest absolute Gasteiger partial charge is 0.497 e. The average molecular weight is 370 g/mol. The Morgan fingerprint density at radius 2 is 1.88 bits per heavy atom. The van der Waals surface area contributed by atoms with E-state index < -0.39 is 16.1 Å². The zero-order chi connectivity index (χ0) is 17.7. The van der Waals surface area contributed by atoms with E-state index in [2.05, 4.69) is 4.72 Å². The van der Waals surface area contributed by atoms with Crippen LogP contribution in [0.25, 0.3) is 0 Å². The molecule has 0 aliphatic carbocycles. The summed E-state index contributed by atoms with van der Waals surface area (Å²) in [4.78, 5) is 0. The quantitative estimate of drug-likeness (QED) is 0.810. The maximum atomic E-state index is 12.4. The molecule has 0 heterocycles. The van der Waals surface area contributed by atoms with Gasteiger partial charge >= 0.3 is 0 Å². The van der Waals surface area contributed by atoms with Crippen LogP contribution in [0.1, 0.15) is 24.1 Å². The molecule has 24 heavy (non-hydrogen) atoms. The summed E-state index contributed by atoms with van der Waals surface area (Å²) in [6.07, 6.45) is 0. The molecule has 0 saturated carbocycles. The van der Waals surface area contributed by atoms with Gasteiger partial charge in [0.15, 0.2) is 0 Å². The molecule has 0 bridgehead atoms. The number of halogens is 1. The molecule has 2 rings (SSSR count). The van der Waals surface area contributed by atoms with Crippen LogP contribution in [-0.4, -0.2) is 22.6 Å². The van der Waals surface area contributed by atoms with E-state index in [0.29, 0.717) is 27.6 Å². The molecule has 7 heteroatoms. The van der Waals surface area contributed by atoms with Crippen LogP contribution in [0.2, 0.25) is 5.02 Å². The van der Waals surface area contributed by atoms with E-state index in [0.717, 1.165) is 0 Å². The number of hydrogen-bond donors (Lipinski definition) is 1.